The zero-order valence-corrected chi connectivity index (χ0v) is 8.15. The van der Waals surface area contributed by atoms with Gasteiger partial charge in [-0.2, -0.15) is 0 Å². The van der Waals surface area contributed by atoms with Crippen molar-refractivity contribution in [2.75, 3.05) is 5.73 Å². The second kappa shape index (κ2) is 3.01. The summed E-state index contributed by atoms with van der Waals surface area (Å²) in [6.45, 7) is 0. The van der Waals surface area contributed by atoms with Crippen LogP contribution in [0.15, 0.2) is 17.5 Å². The lowest BCUT2D eigenvalue weighted by molar-refractivity contribution is 0.112. The molecule has 1 heterocycles. The molecule has 0 bridgehead atoms. The largest absolute Gasteiger partial charge is 0.397 e. The maximum atomic E-state index is 10.7. The summed E-state index contributed by atoms with van der Waals surface area (Å²) in [5.41, 5.74) is 6.69. The standard InChI is InChI=1S/C9H6ClNOS/c10-8-6-1-2-13-9(6)5(4-12)3-7(8)11/h1-4H,11H2. The molecule has 0 atom stereocenters. The van der Waals surface area contributed by atoms with Gasteiger partial charge in [-0.05, 0) is 17.5 Å². The van der Waals surface area contributed by atoms with Crippen LogP contribution in [-0.2, 0) is 0 Å². The van der Waals surface area contributed by atoms with E-state index in [0.717, 1.165) is 16.4 Å². The van der Waals surface area contributed by atoms with Gasteiger partial charge >= 0.3 is 0 Å². The third kappa shape index (κ3) is 1.20. The SMILES string of the molecule is Nc1cc(C=O)c2sccc2c1Cl. The highest BCUT2D eigenvalue weighted by Gasteiger charge is 2.08. The van der Waals surface area contributed by atoms with Gasteiger partial charge in [-0.3, -0.25) is 4.79 Å². The highest BCUT2D eigenvalue weighted by molar-refractivity contribution is 7.17. The van der Waals surface area contributed by atoms with Crippen LogP contribution in [0.4, 0.5) is 5.69 Å². The molecule has 1 aromatic carbocycles. The lowest BCUT2D eigenvalue weighted by Crippen LogP contribution is -1.89. The fourth-order valence-corrected chi connectivity index (χ4v) is 2.39. The van der Waals surface area contributed by atoms with Crippen LogP contribution >= 0.6 is 22.9 Å². The fraction of sp³-hybridized carbons (Fsp3) is 0. The van der Waals surface area contributed by atoms with Crippen molar-refractivity contribution in [1.29, 1.82) is 0 Å². The van der Waals surface area contributed by atoms with Crippen molar-refractivity contribution in [3.63, 3.8) is 0 Å². The molecule has 2 N–H and O–H groups in total. The van der Waals surface area contributed by atoms with E-state index in [0.29, 0.717) is 16.3 Å². The molecule has 0 aliphatic heterocycles. The van der Waals surface area contributed by atoms with Gasteiger partial charge in [-0.1, -0.05) is 11.6 Å². The molecule has 0 spiro atoms. The Balaban J connectivity index is 2.95. The molecular weight excluding hydrogens is 206 g/mol. The zero-order chi connectivity index (χ0) is 9.42. The Morgan fingerprint density at radius 1 is 1.54 bits per heavy atom. The summed E-state index contributed by atoms with van der Waals surface area (Å²) >= 11 is 7.45. The van der Waals surface area contributed by atoms with Crippen molar-refractivity contribution in [1.82, 2.24) is 0 Å². The van der Waals surface area contributed by atoms with Gasteiger partial charge in [0.05, 0.1) is 10.7 Å². The first-order valence-electron chi connectivity index (χ1n) is 3.64. The Kier molecular flexibility index (Phi) is 1.98. The molecule has 0 fully saturated rings. The van der Waals surface area contributed by atoms with Gasteiger partial charge in [0.15, 0.2) is 6.29 Å². The highest BCUT2D eigenvalue weighted by atomic mass is 35.5. The van der Waals surface area contributed by atoms with Crippen LogP contribution in [-0.4, -0.2) is 6.29 Å². The molecule has 66 valence electrons. The second-order valence-corrected chi connectivity index (χ2v) is 3.94. The number of halogens is 1. The molecule has 2 aromatic rings. The smallest absolute Gasteiger partial charge is 0.151 e. The van der Waals surface area contributed by atoms with E-state index in [-0.39, 0.29) is 0 Å². The van der Waals surface area contributed by atoms with Gasteiger partial charge in [0, 0.05) is 15.6 Å². The molecule has 0 unspecified atom stereocenters. The quantitative estimate of drug-likeness (QED) is 0.582. The molecule has 2 nitrogen and oxygen atoms in total. The number of carbonyl (C=O) groups excluding carboxylic acids is 1. The first-order valence-corrected chi connectivity index (χ1v) is 4.90. The molecule has 0 aliphatic carbocycles. The van der Waals surface area contributed by atoms with Gasteiger partial charge in [0.1, 0.15) is 0 Å². The maximum Gasteiger partial charge on any atom is 0.151 e. The lowest BCUT2D eigenvalue weighted by Gasteiger charge is -2.01. The molecule has 0 radical (unpaired) electrons. The lowest BCUT2D eigenvalue weighted by atomic mass is 10.1. The Bertz CT molecular complexity index is 478. The van der Waals surface area contributed by atoms with Gasteiger partial charge in [-0.15, -0.1) is 11.3 Å². The Morgan fingerprint density at radius 2 is 2.31 bits per heavy atom. The third-order valence-electron chi connectivity index (χ3n) is 1.86. The van der Waals surface area contributed by atoms with Gasteiger partial charge < -0.3 is 5.73 Å². The normalized spacial score (nSPS) is 10.5. The average molecular weight is 212 g/mol. The minimum Gasteiger partial charge on any atom is -0.397 e. The fourth-order valence-electron chi connectivity index (χ4n) is 1.25. The molecule has 1 aromatic heterocycles. The van der Waals surface area contributed by atoms with E-state index in [9.17, 15) is 4.79 Å². The molecule has 2 rings (SSSR count). The Labute approximate surface area is 83.9 Å². The predicted octanol–water partition coefficient (Wildman–Crippen LogP) is 2.95. The highest BCUT2D eigenvalue weighted by Crippen LogP contribution is 2.34. The molecular formula is C9H6ClNOS. The molecule has 4 heteroatoms. The van der Waals surface area contributed by atoms with E-state index < -0.39 is 0 Å². The van der Waals surface area contributed by atoms with Crippen molar-refractivity contribution in [2.45, 2.75) is 0 Å². The number of anilines is 1. The molecule has 0 aliphatic rings. The summed E-state index contributed by atoms with van der Waals surface area (Å²) in [6.07, 6.45) is 0.797. The number of fused-ring (bicyclic) bond motifs is 1. The summed E-state index contributed by atoms with van der Waals surface area (Å²) in [4.78, 5) is 10.7. The molecule has 0 saturated heterocycles. The van der Waals surface area contributed by atoms with Crippen LogP contribution in [0.5, 0.6) is 0 Å². The summed E-state index contributed by atoms with van der Waals surface area (Å²) in [5, 5.41) is 3.28. The molecule has 0 amide bonds. The number of aldehydes is 1. The molecule has 0 saturated carbocycles. The summed E-state index contributed by atoms with van der Waals surface area (Å²) in [7, 11) is 0. The topological polar surface area (TPSA) is 43.1 Å². The number of carbonyl (C=O) groups is 1. The van der Waals surface area contributed by atoms with Crippen molar-refractivity contribution in [2.24, 2.45) is 0 Å². The van der Waals surface area contributed by atoms with Crippen LogP contribution in [0.25, 0.3) is 10.1 Å². The van der Waals surface area contributed by atoms with Crippen molar-refractivity contribution < 1.29 is 4.79 Å². The van der Waals surface area contributed by atoms with Crippen LogP contribution in [0.1, 0.15) is 10.4 Å². The minimum absolute atomic E-state index is 0.453. The number of hydrogen-bond donors (Lipinski definition) is 1. The molecule has 13 heavy (non-hydrogen) atoms. The van der Waals surface area contributed by atoms with Gasteiger partial charge in [-0.25, -0.2) is 0 Å². The number of thiophene rings is 1. The van der Waals surface area contributed by atoms with Crippen LogP contribution in [0.2, 0.25) is 5.02 Å². The summed E-state index contributed by atoms with van der Waals surface area (Å²) < 4.78 is 0.897. The first kappa shape index (κ1) is 8.53. The van der Waals surface area contributed by atoms with Crippen LogP contribution < -0.4 is 5.73 Å². The van der Waals surface area contributed by atoms with Crippen molar-refractivity contribution >= 4 is 45.0 Å². The van der Waals surface area contributed by atoms with Gasteiger partial charge in [0.25, 0.3) is 0 Å². The third-order valence-corrected chi connectivity index (χ3v) is 3.24. The van der Waals surface area contributed by atoms with E-state index in [1.165, 1.54) is 11.3 Å². The number of benzene rings is 1. The maximum absolute atomic E-state index is 10.7. The second-order valence-electron chi connectivity index (χ2n) is 2.65. The predicted molar refractivity (Wildman–Crippen MR) is 56.6 cm³/mol. The van der Waals surface area contributed by atoms with Crippen LogP contribution in [0.3, 0.4) is 0 Å². The summed E-state index contributed by atoms with van der Waals surface area (Å²) in [6, 6.07) is 3.47. The summed E-state index contributed by atoms with van der Waals surface area (Å²) in [5.74, 6) is 0. The first-order chi connectivity index (χ1) is 6.24. The zero-order valence-electron chi connectivity index (χ0n) is 6.58. The Hall–Kier alpha value is -1.06. The van der Waals surface area contributed by atoms with E-state index in [1.807, 2.05) is 11.4 Å². The van der Waals surface area contributed by atoms with Crippen molar-refractivity contribution in [3.8, 4) is 0 Å². The van der Waals surface area contributed by atoms with Crippen molar-refractivity contribution in [3.05, 3.63) is 28.1 Å². The average Bonchev–Trinajstić information content (AvgIpc) is 2.60. The number of hydrogen-bond acceptors (Lipinski definition) is 3. The number of nitrogens with two attached hydrogens (primary N) is 1. The van der Waals surface area contributed by atoms with Gasteiger partial charge in [0.2, 0.25) is 0 Å². The monoisotopic (exact) mass is 211 g/mol. The number of nitrogen functional groups attached to an aromatic ring is 1. The Morgan fingerprint density at radius 3 is 3.00 bits per heavy atom. The van der Waals surface area contributed by atoms with E-state index >= 15 is 0 Å². The number of rotatable bonds is 1. The van der Waals surface area contributed by atoms with E-state index in [1.54, 1.807) is 6.07 Å². The van der Waals surface area contributed by atoms with E-state index in [4.69, 9.17) is 17.3 Å². The van der Waals surface area contributed by atoms with Crippen LogP contribution in [0, 0.1) is 0 Å². The van der Waals surface area contributed by atoms with E-state index in [2.05, 4.69) is 0 Å². The minimum atomic E-state index is 0.453.